The number of ketones is 1. The number of allylic oxidation sites excluding steroid dienone is 1. The Balaban J connectivity index is 3.96. The molecule has 0 fully saturated rings. The van der Waals surface area contributed by atoms with Crippen LogP contribution in [0.2, 0.25) is 0 Å². The molecule has 0 saturated carbocycles. The van der Waals surface area contributed by atoms with E-state index in [1.165, 1.54) is 6.92 Å². The fourth-order valence-electron chi connectivity index (χ4n) is 1.01. The number of esters is 1. The molecule has 0 radical (unpaired) electrons. The Morgan fingerprint density at radius 2 is 1.81 bits per heavy atom. The molecule has 0 aliphatic heterocycles. The zero-order valence-electron chi connectivity index (χ0n) is 10.9. The number of rotatable bonds is 5. The van der Waals surface area contributed by atoms with Crippen molar-refractivity contribution in [2.75, 3.05) is 0 Å². The standard InChI is InChI=1S/C13H22O3/c1-10(14)6-7-12(15)16-11(2)8-9-13(3,4)5/h8-9,11H,6-7H2,1-5H3. The fraction of sp³-hybridized carbons (Fsp3) is 0.692. The SMILES string of the molecule is CC(=O)CCC(=O)OC(C)C=CC(C)(C)C. The quantitative estimate of drug-likeness (QED) is 0.534. The molecule has 3 heteroatoms. The van der Waals surface area contributed by atoms with Gasteiger partial charge in [0.25, 0.3) is 0 Å². The van der Waals surface area contributed by atoms with Crippen LogP contribution in [0.4, 0.5) is 0 Å². The van der Waals surface area contributed by atoms with Gasteiger partial charge in [-0.2, -0.15) is 0 Å². The van der Waals surface area contributed by atoms with Gasteiger partial charge in [-0.05, 0) is 25.3 Å². The molecule has 16 heavy (non-hydrogen) atoms. The van der Waals surface area contributed by atoms with Crippen LogP contribution in [-0.4, -0.2) is 17.9 Å². The highest BCUT2D eigenvalue weighted by atomic mass is 16.5. The van der Waals surface area contributed by atoms with Crippen molar-refractivity contribution in [3.05, 3.63) is 12.2 Å². The van der Waals surface area contributed by atoms with Gasteiger partial charge in [-0.15, -0.1) is 0 Å². The van der Waals surface area contributed by atoms with Gasteiger partial charge in [-0.1, -0.05) is 26.8 Å². The van der Waals surface area contributed by atoms with Crippen molar-refractivity contribution in [3.63, 3.8) is 0 Å². The highest BCUT2D eigenvalue weighted by molar-refractivity contribution is 5.81. The smallest absolute Gasteiger partial charge is 0.306 e. The van der Waals surface area contributed by atoms with Gasteiger partial charge in [0.15, 0.2) is 0 Å². The first-order valence-corrected chi connectivity index (χ1v) is 5.59. The Morgan fingerprint density at radius 3 is 2.25 bits per heavy atom. The summed E-state index contributed by atoms with van der Waals surface area (Å²) < 4.78 is 5.12. The lowest BCUT2D eigenvalue weighted by Gasteiger charge is -2.14. The van der Waals surface area contributed by atoms with E-state index in [1.807, 2.05) is 19.1 Å². The highest BCUT2D eigenvalue weighted by Crippen LogP contribution is 2.15. The van der Waals surface area contributed by atoms with Crippen LogP contribution in [0.1, 0.15) is 47.5 Å². The second-order valence-corrected chi connectivity index (χ2v) is 5.12. The summed E-state index contributed by atoms with van der Waals surface area (Å²) in [5.74, 6) is -0.309. The van der Waals surface area contributed by atoms with Crippen LogP contribution in [0.15, 0.2) is 12.2 Å². The average molecular weight is 226 g/mol. The molecule has 3 nitrogen and oxygen atoms in total. The van der Waals surface area contributed by atoms with Gasteiger partial charge in [0, 0.05) is 6.42 Å². The molecule has 1 unspecified atom stereocenters. The first-order valence-electron chi connectivity index (χ1n) is 5.59. The average Bonchev–Trinajstić information content (AvgIpc) is 2.10. The lowest BCUT2D eigenvalue weighted by atomic mass is 9.96. The van der Waals surface area contributed by atoms with Gasteiger partial charge >= 0.3 is 5.97 Å². The number of carbonyl (C=O) groups excluding carboxylic acids is 2. The largest absolute Gasteiger partial charge is 0.458 e. The molecule has 0 amide bonds. The van der Waals surface area contributed by atoms with Gasteiger partial charge in [0.2, 0.25) is 0 Å². The summed E-state index contributed by atoms with van der Waals surface area (Å²) in [5, 5.41) is 0. The summed E-state index contributed by atoms with van der Waals surface area (Å²) in [5.41, 5.74) is 0.0834. The summed E-state index contributed by atoms with van der Waals surface area (Å²) in [7, 11) is 0. The summed E-state index contributed by atoms with van der Waals surface area (Å²) in [6.07, 6.45) is 4.07. The molecule has 0 saturated heterocycles. The number of hydrogen-bond acceptors (Lipinski definition) is 3. The number of hydrogen-bond donors (Lipinski definition) is 0. The molecule has 0 heterocycles. The van der Waals surface area contributed by atoms with Crippen molar-refractivity contribution in [3.8, 4) is 0 Å². The normalized spacial score (nSPS) is 13.8. The molecule has 1 atom stereocenters. The Bertz CT molecular complexity index is 271. The predicted molar refractivity (Wildman–Crippen MR) is 64.1 cm³/mol. The minimum atomic E-state index is -0.318. The minimum Gasteiger partial charge on any atom is -0.458 e. The van der Waals surface area contributed by atoms with Crippen molar-refractivity contribution in [1.82, 2.24) is 0 Å². The van der Waals surface area contributed by atoms with E-state index in [1.54, 1.807) is 0 Å². The predicted octanol–water partition coefficient (Wildman–Crippen LogP) is 2.89. The number of carbonyl (C=O) groups is 2. The van der Waals surface area contributed by atoms with Crippen LogP contribution in [0.5, 0.6) is 0 Å². The second kappa shape index (κ2) is 6.46. The zero-order valence-corrected chi connectivity index (χ0v) is 10.9. The van der Waals surface area contributed by atoms with E-state index in [-0.39, 0.29) is 36.1 Å². The van der Waals surface area contributed by atoms with E-state index in [0.717, 1.165) is 0 Å². The van der Waals surface area contributed by atoms with E-state index in [0.29, 0.717) is 0 Å². The topological polar surface area (TPSA) is 43.4 Å². The summed E-state index contributed by atoms with van der Waals surface area (Å²) in [4.78, 5) is 21.9. The van der Waals surface area contributed by atoms with Gasteiger partial charge in [-0.25, -0.2) is 0 Å². The van der Waals surface area contributed by atoms with E-state index < -0.39 is 0 Å². The molecular weight excluding hydrogens is 204 g/mol. The van der Waals surface area contributed by atoms with Crippen LogP contribution in [0.25, 0.3) is 0 Å². The molecule has 0 spiro atoms. The van der Waals surface area contributed by atoms with Crippen molar-refractivity contribution >= 4 is 11.8 Å². The number of ether oxygens (including phenoxy) is 1. The van der Waals surface area contributed by atoms with E-state index in [9.17, 15) is 9.59 Å². The third-order valence-corrected chi connectivity index (χ3v) is 1.87. The minimum absolute atomic E-state index is 0.00911. The summed E-state index contributed by atoms with van der Waals surface area (Å²) >= 11 is 0. The maximum Gasteiger partial charge on any atom is 0.306 e. The van der Waals surface area contributed by atoms with Gasteiger partial charge in [0.05, 0.1) is 6.42 Å². The van der Waals surface area contributed by atoms with E-state index in [2.05, 4.69) is 20.8 Å². The first kappa shape index (κ1) is 14.9. The zero-order chi connectivity index (χ0) is 12.8. The van der Waals surface area contributed by atoms with Gasteiger partial charge < -0.3 is 9.53 Å². The Labute approximate surface area is 97.9 Å². The van der Waals surface area contributed by atoms with Crippen molar-refractivity contribution in [2.45, 2.75) is 53.6 Å². The molecule has 0 bridgehead atoms. The third kappa shape index (κ3) is 9.44. The molecular formula is C13H22O3. The summed E-state index contributed by atoms with van der Waals surface area (Å²) in [6, 6.07) is 0. The van der Waals surface area contributed by atoms with E-state index in [4.69, 9.17) is 4.74 Å². The monoisotopic (exact) mass is 226 g/mol. The van der Waals surface area contributed by atoms with Gasteiger partial charge in [0.1, 0.15) is 11.9 Å². The highest BCUT2D eigenvalue weighted by Gasteiger charge is 2.10. The van der Waals surface area contributed by atoms with Crippen LogP contribution in [0, 0.1) is 5.41 Å². The van der Waals surface area contributed by atoms with E-state index >= 15 is 0 Å². The molecule has 0 rings (SSSR count). The van der Waals surface area contributed by atoms with Gasteiger partial charge in [-0.3, -0.25) is 4.79 Å². The van der Waals surface area contributed by atoms with Crippen LogP contribution < -0.4 is 0 Å². The van der Waals surface area contributed by atoms with Crippen molar-refractivity contribution in [2.24, 2.45) is 5.41 Å². The Hall–Kier alpha value is -1.12. The second-order valence-electron chi connectivity index (χ2n) is 5.12. The van der Waals surface area contributed by atoms with Crippen LogP contribution in [0.3, 0.4) is 0 Å². The maximum atomic E-state index is 11.3. The molecule has 0 aromatic rings. The molecule has 0 aliphatic rings. The van der Waals surface area contributed by atoms with Crippen molar-refractivity contribution in [1.29, 1.82) is 0 Å². The molecule has 0 aromatic heterocycles. The van der Waals surface area contributed by atoms with Crippen LogP contribution in [-0.2, 0) is 14.3 Å². The lowest BCUT2D eigenvalue weighted by molar-refractivity contribution is -0.147. The third-order valence-electron chi connectivity index (χ3n) is 1.87. The number of Topliss-reactive ketones (excluding diaryl/α,β-unsaturated/α-hetero) is 1. The van der Waals surface area contributed by atoms with Crippen molar-refractivity contribution < 1.29 is 14.3 Å². The fourth-order valence-corrected chi connectivity index (χ4v) is 1.01. The summed E-state index contributed by atoms with van der Waals surface area (Å²) in [6.45, 7) is 9.51. The maximum absolute atomic E-state index is 11.3. The molecule has 92 valence electrons. The van der Waals surface area contributed by atoms with Crippen LogP contribution >= 0.6 is 0 Å². The molecule has 0 aromatic carbocycles. The first-order chi connectivity index (χ1) is 7.20. The molecule has 0 N–H and O–H groups in total. The Morgan fingerprint density at radius 1 is 1.25 bits per heavy atom. The lowest BCUT2D eigenvalue weighted by Crippen LogP contribution is -2.14. The Kier molecular flexibility index (Phi) is 6.01. The molecule has 0 aliphatic carbocycles.